The minimum atomic E-state index is -0.415. The van der Waals surface area contributed by atoms with Crippen molar-refractivity contribution in [3.05, 3.63) is 84.1 Å². The molecule has 1 atom stereocenters. The molecule has 6 nitrogen and oxygen atoms in total. The molecule has 2 aromatic heterocycles. The van der Waals surface area contributed by atoms with Crippen molar-refractivity contribution in [2.45, 2.75) is 6.42 Å². The molecule has 1 aliphatic heterocycles. The molecule has 2 amide bonds. The van der Waals surface area contributed by atoms with Crippen LogP contribution in [-0.2, 0) is 9.59 Å². The quantitative estimate of drug-likeness (QED) is 0.512. The second-order valence-electron chi connectivity index (χ2n) is 7.54. The van der Waals surface area contributed by atoms with E-state index in [0.717, 1.165) is 22.6 Å². The fourth-order valence-electron chi connectivity index (χ4n) is 3.83. The molecular formula is C24H19ClN4O2. The van der Waals surface area contributed by atoms with E-state index in [1.165, 1.54) is 0 Å². The number of nitrogens with zero attached hydrogens (tertiary/aromatic N) is 3. The Bertz CT molecular complexity index is 1250. The fraction of sp³-hybridized carbons (Fsp3) is 0.125. The molecule has 31 heavy (non-hydrogen) atoms. The first kappa shape index (κ1) is 19.3. The average Bonchev–Trinajstić information content (AvgIpc) is 3.38. The Morgan fingerprint density at radius 3 is 2.71 bits per heavy atom. The lowest BCUT2D eigenvalue weighted by molar-refractivity contribution is -0.122. The minimum absolute atomic E-state index is 0.0686. The van der Waals surface area contributed by atoms with E-state index in [1.807, 2.05) is 59.3 Å². The number of fused-ring (bicyclic) bond motifs is 1. The summed E-state index contributed by atoms with van der Waals surface area (Å²) in [5.41, 5.74) is 4.02. The number of pyridine rings is 1. The number of amides is 2. The second-order valence-corrected chi connectivity index (χ2v) is 7.98. The zero-order valence-electron chi connectivity index (χ0n) is 16.5. The average molecular weight is 431 g/mol. The van der Waals surface area contributed by atoms with Crippen LogP contribution in [0.4, 0.5) is 11.4 Å². The lowest BCUT2D eigenvalue weighted by Crippen LogP contribution is -2.28. The van der Waals surface area contributed by atoms with Crippen molar-refractivity contribution in [2.24, 2.45) is 5.92 Å². The second kappa shape index (κ2) is 7.89. The molecule has 0 saturated carbocycles. The predicted molar refractivity (Wildman–Crippen MR) is 121 cm³/mol. The van der Waals surface area contributed by atoms with Crippen LogP contribution in [0.3, 0.4) is 0 Å². The van der Waals surface area contributed by atoms with Gasteiger partial charge in [0.15, 0.2) is 0 Å². The Kier molecular flexibility index (Phi) is 4.92. The van der Waals surface area contributed by atoms with E-state index in [4.69, 9.17) is 11.6 Å². The van der Waals surface area contributed by atoms with Crippen molar-refractivity contribution in [1.82, 2.24) is 9.38 Å². The number of rotatable bonds is 4. The Morgan fingerprint density at radius 1 is 1.06 bits per heavy atom. The summed E-state index contributed by atoms with van der Waals surface area (Å²) in [6, 6.07) is 20.5. The summed E-state index contributed by atoms with van der Waals surface area (Å²) in [4.78, 5) is 31.6. The van der Waals surface area contributed by atoms with Crippen molar-refractivity contribution in [3.8, 4) is 11.3 Å². The molecule has 1 N–H and O–H groups in total. The third kappa shape index (κ3) is 3.90. The van der Waals surface area contributed by atoms with Crippen LogP contribution in [0, 0.1) is 5.92 Å². The normalized spacial score (nSPS) is 16.1. The van der Waals surface area contributed by atoms with Crippen molar-refractivity contribution < 1.29 is 9.59 Å². The van der Waals surface area contributed by atoms with Gasteiger partial charge in [-0.05, 0) is 48.5 Å². The van der Waals surface area contributed by atoms with Gasteiger partial charge in [-0.25, -0.2) is 4.98 Å². The van der Waals surface area contributed by atoms with Crippen molar-refractivity contribution in [2.75, 3.05) is 16.8 Å². The van der Waals surface area contributed by atoms with Crippen molar-refractivity contribution in [3.63, 3.8) is 0 Å². The highest BCUT2D eigenvalue weighted by Gasteiger charge is 2.35. The number of carbonyl (C=O) groups is 2. The summed E-state index contributed by atoms with van der Waals surface area (Å²) in [6.45, 7) is 0.346. The lowest BCUT2D eigenvalue weighted by Gasteiger charge is -2.17. The monoisotopic (exact) mass is 430 g/mol. The first-order valence-corrected chi connectivity index (χ1v) is 10.4. The Labute approximate surface area is 184 Å². The number of hydrogen-bond donors (Lipinski definition) is 1. The molecule has 5 rings (SSSR count). The van der Waals surface area contributed by atoms with Crippen LogP contribution in [0.5, 0.6) is 0 Å². The van der Waals surface area contributed by atoms with Crippen LogP contribution in [0.2, 0.25) is 5.02 Å². The summed E-state index contributed by atoms with van der Waals surface area (Å²) in [5, 5.41) is 3.56. The molecule has 1 aliphatic rings. The van der Waals surface area contributed by atoms with E-state index in [9.17, 15) is 9.59 Å². The minimum Gasteiger partial charge on any atom is -0.326 e. The summed E-state index contributed by atoms with van der Waals surface area (Å²) in [7, 11) is 0. The standard InChI is InChI=1S/C24H19ClN4O2/c25-18-7-9-20(10-8-18)29-14-17(13-23(29)30)24(31)26-19-5-3-4-16(12-19)21-15-28-11-2-1-6-22(28)27-21/h1-12,15,17H,13-14H2,(H,26,31)/t17-/m0/s1. The van der Waals surface area contributed by atoms with Gasteiger partial charge in [0.2, 0.25) is 11.8 Å². The maximum absolute atomic E-state index is 12.8. The summed E-state index contributed by atoms with van der Waals surface area (Å²) >= 11 is 5.93. The van der Waals surface area contributed by atoms with E-state index in [1.54, 1.807) is 29.2 Å². The highest BCUT2D eigenvalue weighted by atomic mass is 35.5. The van der Waals surface area contributed by atoms with Crippen LogP contribution in [0.1, 0.15) is 6.42 Å². The molecular weight excluding hydrogens is 412 g/mol. The van der Waals surface area contributed by atoms with E-state index < -0.39 is 5.92 Å². The number of halogens is 1. The van der Waals surface area contributed by atoms with E-state index in [-0.39, 0.29) is 18.2 Å². The molecule has 1 fully saturated rings. The summed E-state index contributed by atoms with van der Waals surface area (Å²) < 4.78 is 1.95. The molecule has 4 aromatic rings. The molecule has 0 spiro atoms. The highest BCUT2D eigenvalue weighted by molar-refractivity contribution is 6.30. The first-order chi connectivity index (χ1) is 15.1. The molecule has 0 bridgehead atoms. The largest absolute Gasteiger partial charge is 0.326 e. The van der Waals surface area contributed by atoms with Gasteiger partial charge in [-0.3, -0.25) is 9.59 Å². The molecule has 1 saturated heterocycles. The lowest BCUT2D eigenvalue weighted by atomic mass is 10.1. The first-order valence-electron chi connectivity index (χ1n) is 9.98. The van der Waals surface area contributed by atoms with Gasteiger partial charge in [-0.1, -0.05) is 29.8 Å². The summed E-state index contributed by atoms with van der Waals surface area (Å²) in [6.07, 6.45) is 4.08. The van der Waals surface area contributed by atoms with Gasteiger partial charge in [-0.2, -0.15) is 0 Å². The van der Waals surface area contributed by atoms with Crippen LogP contribution >= 0.6 is 11.6 Å². The van der Waals surface area contributed by atoms with E-state index >= 15 is 0 Å². The molecule has 2 aromatic carbocycles. The number of hydrogen-bond acceptors (Lipinski definition) is 3. The highest BCUT2D eigenvalue weighted by Crippen LogP contribution is 2.28. The molecule has 3 heterocycles. The number of nitrogens with one attached hydrogen (secondary N) is 1. The zero-order chi connectivity index (χ0) is 21.4. The van der Waals surface area contributed by atoms with E-state index in [0.29, 0.717) is 17.3 Å². The van der Waals surface area contributed by atoms with Gasteiger partial charge in [-0.15, -0.1) is 0 Å². The van der Waals surface area contributed by atoms with Crippen LogP contribution in [0.15, 0.2) is 79.1 Å². The van der Waals surface area contributed by atoms with Gasteiger partial charge < -0.3 is 14.6 Å². The summed E-state index contributed by atoms with van der Waals surface area (Å²) in [5.74, 6) is -0.653. The van der Waals surface area contributed by atoms with Crippen molar-refractivity contribution in [1.29, 1.82) is 0 Å². The number of benzene rings is 2. The van der Waals surface area contributed by atoms with Crippen molar-refractivity contribution >= 4 is 40.4 Å². The van der Waals surface area contributed by atoms with Crippen LogP contribution in [-0.4, -0.2) is 27.7 Å². The Balaban J connectivity index is 1.31. The van der Waals surface area contributed by atoms with Gasteiger partial charge >= 0.3 is 0 Å². The van der Waals surface area contributed by atoms with E-state index in [2.05, 4.69) is 10.3 Å². The third-order valence-corrected chi connectivity index (χ3v) is 5.68. The Morgan fingerprint density at radius 2 is 1.90 bits per heavy atom. The molecule has 7 heteroatoms. The molecule has 0 radical (unpaired) electrons. The number of anilines is 2. The Hall–Kier alpha value is -3.64. The van der Waals surface area contributed by atoms with Crippen LogP contribution in [0.25, 0.3) is 16.9 Å². The maximum Gasteiger partial charge on any atom is 0.229 e. The zero-order valence-corrected chi connectivity index (χ0v) is 17.3. The number of aromatic nitrogens is 2. The third-order valence-electron chi connectivity index (χ3n) is 5.42. The topological polar surface area (TPSA) is 66.7 Å². The van der Waals surface area contributed by atoms with Crippen LogP contribution < -0.4 is 10.2 Å². The fourth-order valence-corrected chi connectivity index (χ4v) is 3.95. The number of imidazole rings is 1. The van der Waals surface area contributed by atoms with Gasteiger partial charge in [0, 0.05) is 47.3 Å². The molecule has 154 valence electrons. The maximum atomic E-state index is 12.8. The van der Waals surface area contributed by atoms with Gasteiger partial charge in [0.05, 0.1) is 11.6 Å². The SMILES string of the molecule is O=C(Nc1cccc(-c2cn3ccccc3n2)c1)[C@H]1CC(=O)N(c2ccc(Cl)cc2)C1. The number of carbonyl (C=O) groups excluding carboxylic acids is 2. The predicted octanol–water partition coefficient (Wildman–Crippen LogP) is 4.65. The molecule has 0 aliphatic carbocycles. The van der Waals surface area contributed by atoms with Gasteiger partial charge in [0.1, 0.15) is 5.65 Å². The van der Waals surface area contributed by atoms with Gasteiger partial charge in [0.25, 0.3) is 0 Å². The smallest absolute Gasteiger partial charge is 0.229 e. The molecule has 0 unspecified atom stereocenters.